The molecule has 0 amide bonds. The number of hydrogen-bond acceptors (Lipinski definition) is 3. The predicted octanol–water partition coefficient (Wildman–Crippen LogP) is 3.64. The average Bonchev–Trinajstić information content (AvgIpc) is 2.38. The van der Waals surface area contributed by atoms with Crippen LogP contribution in [0.2, 0.25) is 0 Å². The molecule has 3 nitrogen and oxygen atoms in total. The van der Waals surface area contributed by atoms with Gasteiger partial charge in [-0.05, 0) is 42.9 Å². The van der Waals surface area contributed by atoms with E-state index in [1.165, 1.54) is 0 Å². The minimum Gasteiger partial charge on any atom is -0.497 e. The number of ether oxygens (including phenoxy) is 2. The number of hydrogen-bond donors (Lipinski definition) is 1. The summed E-state index contributed by atoms with van der Waals surface area (Å²) in [5.41, 5.74) is 1.14. The number of benzene rings is 1. The lowest BCUT2D eigenvalue weighted by Gasteiger charge is -2.28. The second kappa shape index (κ2) is 8.28. The topological polar surface area (TPSA) is 38.7 Å². The second-order valence-electron chi connectivity index (χ2n) is 5.93. The van der Waals surface area contributed by atoms with E-state index in [1.54, 1.807) is 7.11 Å². The van der Waals surface area contributed by atoms with Gasteiger partial charge in [0.2, 0.25) is 0 Å². The van der Waals surface area contributed by atoms with Crippen molar-refractivity contribution in [1.29, 1.82) is 0 Å². The van der Waals surface area contributed by atoms with Gasteiger partial charge in [-0.15, -0.1) is 0 Å². The first-order valence-corrected chi connectivity index (χ1v) is 7.36. The van der Waals surface area contributed by atoms with Crippen molar-refractivity contribution in [2.75, 3.05) is 7.11 Å². The van der Waals surface area contributed by atoms with Crippen molar-refractivity contribution in [3.63, 3.8) is 0 Å². The van der Waals surface area contributed by atoms with Gasteiger partial charge in [0.05, 0.1) is 25.9 Å². The number of aliphatic hydroxyl groups excluding tert-OH is 1. The molecule has 0 saturated heterocycles. The highest BCUT2D eigenvalue weighted by Gasteiger charge is 2.22. The maximum atomic E-state index is 9.53. The minimum atomic E-state index is -0.282. The molecule has 3 heteroatoms. The fourth-order valence-corrected chi connectivity index (χ4v) is 2.60. The fourth-order valence-electron chi connectivity index (χ4n) is 2.60. The summed E-state index contributed by atoms with van der Waals surface area (Å²) in [4.78, 5) is 0. The minimum absolute atomic E-state index is 0.159. The lowest BCUT2D eigenvalue weighted by atomic mass is 9.90. The summed E-state index contributed by atoms with van der Waals surface area (Å²) in [7, 11) is 1.66. The molecule has 0 spiro atoms. The zero-order valence-electron chi connectivity index (χ0n) is 13.3. The Labute approximate surface area is 122 Å². The van der Waals surface area contributed by atoms with E-state index >= 15 is 0 Å². The summed E-state index contributed by atoms with van der Waals surface area (Å²) in [6.07, 6.45) is 0.647. The SMILES string of the molecule is COc1ccc(CO[C@H](C(C)C)[C@H](C)CC(C)O)cc1. The molecule has 3 atom stereocenters. The third-order valence-corrected chi connectivity index (χ3v) is 3.53. The Bertz CT molecular complexity index is 370. The quantitative estimate of drug-likeness (QED) is 0.790. The van der Waals surface area contributed by atoms with Crippen LogP contribution in [-0.2, 0) is 11.3 Å². The van der Waals surface area contributed by atoms with Crippen molar-refractivity contribution in [2.45, 2.75) is 52.9 Å². The Kier molecular flexibility index (Phi) is 7.03. The van der Waals surface area contributed by atoms with Crippen molar-refractivity contribution in [1.82, 2.24) is 0 Å². The third kappa shape index (κ3) is 5.51. The summed E-state index contributed by atoms with van der Waals surface area (Å²) < 4.78 is 11.2. The number of aliphatic hydroxyl groups is 1. The summed E-state index contributed by atoms with van der Waals surface area (Å²) in [6, 6.07) is 7.94. The summed E-state index contributed by atoms with van der Waals surface area (Å²) in [5.74, 6) is 1.63. The Morgan fingerprint density at radius 1 is 1.05 bits per heavy atom. The maximum Gasteiger partial charge on any atom is 0.118 e. The Morgan fingerprint density at radius 2 is 1.65 bits per heavy atom. The van der Waals surface area contributed by atoms with Gasteiger partial charge in [0.15, 0.2) is 0 Å². The monoisotopic (exact) mass is 280 g/mol. The molecule has 0 heterocycles. The van der Waals surface area contributed by atoms with Gasteiger partial charge in [-0.3, -0.25) is 0 Å². The standard InChI is InChI=1S/C17H28O3/c1-12(2)17(13(3)10-14(4)18)20-11-15-6-8-16(19-5)9-7-15/h6-9,12-14,17-18H,10-11H2,1-5H3/t13-,14?,17-/m1/s1. The molecule has 1 aromatic rings. The van der Waals surface area contributed by atoms with Crippen LogP contribution in [0.15, 0.2) is 24.3 Å². The van der Waals surface area contributed by atoms with E-state index in [2.05, 4.69) is 20.8 Å². The van der Waals surface area contributed by atoms with Gasteiger partial charge in [-0.2, -0.15) is 0 Å². The lowest BCUT2D eigenvalue weighted by molar-refractivity contribution is -0.0345. The van der Waals surface area contributed by atoms with Crippen molar-refractivity contribution >= 4 is 0 Å². The molecule has 1 N–H and O–H groups in total. The van der Waals surface area contributed by atoms with E-state index in [0.29, 0.717) is 18.4 Å². The second-order valence-corrected chi connectivity index (χ2v) is 5.93. The third-order valence-electron chi connectivity index (χ3n) is 3.53. The molecule has 0 radical (unpaired) electrons. The van der Waals surface area contributed by atoms with E-state index in [0.717, 1.165) is 17.7 Å². The van der Waals surface area contributed by atoms with Gasteiger partial charge in [-0.25, -0.2) is 0 Å². The van der Waals surface area contributed by atoms with Crippen LogP contribution < -0.4 is 4.74 Å². The summed E-state index contributed by atoms with van der Waals surface area (Å²) in [6.45, 7) is 8.90. The first-order chi connectivity index (χ1) is 9.43. The molecule has 1 aromatic carbocycles. The molecule has 0 aliphatic rings. The van der Waals surface area contributed by atoms with Gasteiger partial charge in [0.1, 0.15) is 5.75 Å². The van der Waals surface area contributed by atoms with Crippen molar-refractivity contribution in [3.8, 4) is 5.75 Å². The zero-order valence-corrected chi connectivity index (χ0v) is 13.3. The molecule has 0 bridgehead atoms. The summed E-state index contributed by atoms with van der Waals surface area (Å²) >= 11 is 0. The molecule has 114 valence electrons. The molecule has 0 aromatic heterocycles. The molecule has 0 aliphatic heterocycles. The smallest absolute Gasteiger partial charge is 0.118 e. The average molecular weight is 280 g/mol. The molecule has 0 aliphatic carbocycles. The molecule has 0 saturated carbocycles. The van der Waals surface area contributed by atoms with E-state index in [4.69, 9.17) is 9.47 Å². The molecular weight excluding hydrogens is 252 g/mol. The fraction of sp³-hybridized carbons (Fsp3) is 0.647. The first kappa shape index (κ1) is 17.0. The molecule has 1 unspecified atom stereocenters. The van der Waals surface area contributed by atoms with Gasteiger partial charge in [0, 0.05) is 0 Å². The van der Waals surface area contributed by atoms with Crippen LogP contribution in [0.5, 0.6) is 5.75 Å². The van der Waals surface area contributed by atoms with Crippen LogP contribution in [0.25, 0.3) is 0 Å². The molecule has 20 heavy (non-hydrogen) atoms. The van der Waals surface area contributed by atoms with Gasteiger partial charge in [-0.1, -0.05) is 32.9 Å². The normalized spacial score (nSPS) is 15.9. The van der Waals surface area contributed by atoms with Gasteiger partial charge >= 0.3 is 0 Å². The molecule has 1 rings (SSSR count). The highest BCUT2D eigenvalue weighted by molar-refractivity contribution is 5.26. The van der Waals surface area contributed by atoms with Crippen LogP contribution in [0, 0.1) is 11.8 Å². The van der Waals surface area contributed by atoms with Gasteiger partial charge < -0.3 is 14.6 Å². The first-order valence-electron chi connectivity index (χ1n) is 7.36. The Hall–Kier alpha value is -1.06. The van der Waals surface area contributed by atoms with Crippen LogP contribution in [0.4, 0.5) is 0 Å². The number of rotatable bonds is 8. The van der Waals surface area contributed by atoms with Crippen LogP contribution in [-0.4, -0.2) is 24.4 Å². The van der Waals surface area contributed by atoms with E-state index in [1.807, 2.05) is 31.2 Å². The van der Waals surface area contributed by atoms with Crippen molar-refractivity contribution in [3.05, 3.63) is 29.8 Å². The van der Waals surface area contributed by atoms with Crippen LogP contribution in [0.3, 0.4) is 0 Å². The largest absolute Gasteiger partial charge is 0.497 e. The highest BCUT2D eigenvalue weighted by Crippen LogP contribution is 2.23. The maximum absolute atomic E-state index is 9.53. The van der Waals surface area contributed by atoms with E-state index in [-0.39, 0.29) is 12.2 Å². The Morgan fingerprint density at radius 3 is 2.10 bits per heavy atom. The van der Waals surface area contributed by atoms with Crippen LogP contribution in [0.1, 0.15) is 39.7 Å². The van der Waals surface area contributed by atoms with E-state index in [9.17, 15) is 5.11 Å². The molecular formula is C17H28O3. The lowest BCUT2D eigenvalue weighted by Crippen LogP contribution is -2.29. The zero-order chi connectivity index (χ0) is 15.1. The van der Waals surface area contributed by atoms with Crippen molar-refractivity contribution in [2.24, 2.45) is 11.8 Å². The van der Waals surface area contributed by atoms with E-state index < -0.39 is 0 Å². The highest BCUT2D eigenvalue weighted by atomic mass is 16.5. The van der Waals surface area contributed by atoms with Crippen LogP contribution >= 0.6 is 0 Å². The summed E-state index contributed by atoms with van der Waals surface area (Å²) in [5, 5.41) is 9.53. The van der Waals surface area contributed by atoms with Crippen molar-refractivity contribution < 1.29 is 14.6 Å². The Balaban J connectivity index is 2.57. The van der Waals surface area contributed by atoms with Gasteiger partial charge in [0.25, 0.3) is 0 Å². The predicted molar refractivity (Wildman–Crippen MR) is 81.9 cm³/mol. The number of methoxy groups -OCH3 is 1. The molecule has 0 fully saturated rings.